The first-order chi connectivity index (χ1) is 16.6. The van der Waals surface area contributed by atoms with Gasteiger partial charge in [-0.3, -0.25) is 13.9 Å². The van der Waals surface area contributed by atoms with Gasteiger partial charge in [-0.15, -0.1) is 0 Å². The van der Waals surface area contributed by atoms with Gasteiger partial charge in [-0.05, 0) is 68.9 Å². The summed E-state index contributed by atoms with van der Waals surface area (Å²) in [6.45, 7) is 5.52. The molecule has 0 radical (unpaired) electrons. The van der Waals surface area contributed by atoms with Crippen LogP contribution in [0.15, 0.2) is 48.5 Å². The Labute approximate surface area is 209 Å². The maximum Gasteiger partial charge on any atom is 0.244 e. The molecule has 0 saturated heterocycles. The summed E-state index contributed by atoms with van der Waals surface area (Å²) in [6, 6.07) is 14.5. The Morgan fingerprint density at radius 2 is 1.69 bits per heavy atom. The van der Waals surface area contributed by atoms with Crippen LogP contribution in [0, 0.1) is 13.8 Å². The summed E-state index contributed by atoms with van der Waals surface area (Å²) >= 11 is 0. The highest BCUT2D eigenvalue weighted by molar-refractivity contribution is 7.92. The Bertz CT molecular complexity index is 1130. The summed E-state index contributed by atoms with van der Waals surface area (Å²) in [5.41, 5.74) is 3.46. The Hall–Kier alpha value is -2.87. The van der Waals surface area contributed by atoms with Crippen LogP contribution in [0.4, 0.5) is 5.69 Å². The lowest BCUT2D eigenvalue weighted by atomic mass is 10.1. The average molecular weight is 500 g/mol. The molecule has 1 atom stereocenters. The smallest absolute Gasteiger partial charge is 0.244 e. The van der Waals surface area contributed by atoms with E-state index in [0.717, 1.165) is 52.9 Å². The van der Waals surface area contributed by atoms with Crippen molar-refractivity contribution in [3.05, 3.63) is 65.2 Å². The molecule has 0 heterocycles. The first kappa shape index (κ1) is 26.7. The van der Waals surface area contributed by atoms with Crippen molar-refractivity contribution in [2.75, 3.05) is 23.7 Å². The number of sulfonamides is 1. The van der Waals surface area contributed by atoms with Crippen LogP contribution < -0.4 is 9.62 Å². The van der Waals surface area contributed by atoms with Crippen LogP contribution in [-0.2, 0) is 26.0 Å². The van der Waals surface area contributed by atoms with Crippen molar-refractivity contribution in [1.82, 2.24) is 10.2 Å². The SMILES string of the molecule is Cc1ccc(N(CC(=O)N(CCc2ccccc2)[C@@H](C)C(=O)NC2CCCC2)S(C)(=O)=O)cc1C. The molecular formula is C27H37N3O4S. The number of carbonyl (C=O) groups is 2. The van der Waals surface area contributed by atoms with Gasteiger partial charge in [0.25, 0.3) is 0 Å². The van der Waals surface area contributed by atoms with E-state index in [9.17, 15) is 18.0 Å². The second kappa shape index (κ2) is 11.7. The summed E-state index contributed by atoms with van der Waals surface area (Å²) in [4.78, 5) is 28.1. The normalized spacial score (nSPS) is 15.0. The van der Waals surface area contributed by atoms with Gasteiger partial charge >= 0.3 is 0 Å². The first-order valence-electron chi connectivity index (χ1n) is 12.2. The van der Waals surface area contributed by atoms with Crippen LogP contribution in [0.3, 0.4) is 0 Å². The Morgan fingerprint density at radius 3 is 2.29 bits per heavy atom. The second-order valence-electron chi connectivity index (χ2n) is 9.53. The van der Waals surface area contributed by atoms with Crippen molar-refractivity contribution in [3.63, 3.8) is 0 Å². The highest BCUT2D eigenvalue weighted by Gasteiger charge is 2.31. The van der Waals surface area contributed by atoms with Gasteiger partial charge < -0.3 is 10.2 Å². The number of aryl methyl sites for hydroxylation is 2. The maximum absolute atomic E-state index is 13.6. The van der Waals surface area contributed by atoms with E-state index in [1.807, 2.05) is 50.2 Å². The Balaban J connectivity index is 1.83. The van der Waals surface area contributed by atoms with E-state index in [-0.39, 0.29) is 18.5 Å². The van der Waals surface area contributed by atoms with Gasteiger partial charge in [0.05, 0.1) is 11.9 Å². The lowest BCUT2D eigenvalue weighted by molar-refractivity contribution is -0.139. The van der Waals surface area contributed by atoms with Crippen molar-refractivity contribution in [3.8, 4) is 0 Å². The minimum Gasteiger partial charge on any atom is -0.352 e. The van der Waals surface area contributed by atoms with Crippen molar-refractivity contribution < 1.29 is 18.0 Å². The quantitative estimate of drug-likeness (QED) is 0.541. The van der Waals surface area contributed by atoms with E-state index in [2.05, 4.69) is 5.32 Å². The standard InChI is InChI=1S/C27H37N3O4S/c1-20-14-15-25(18-21(20)2)30(35(4,33)34)19-26(31)29(17-16-23-10-6-5-7-11-23)22(3)27(32)28-24-12-8-9-13-24/h5-7,10-11,14-15,18,22,24H,8-9,12-13,16-17,19H2,1-4H3,(H,28,32)/t22-/m0/s1. The largest absolute Gasteiger partial charge is 0.352 e. The molecule has 190 valence electrons. The monoisotopic (exact) mass is 499 g/mol. The topological polar surface area (TPSA) is 86.8 Å². The first-order valence-corrected chi connectivity index (χ1v) is 14.1. The maximum atomic E-state index is 13.6. The minimum atomic E-state index is -3.72. The fourth-order valence-corrected chi connectivity index (χ4v) is 5.30. The van der Waals surface area contributed by atoms with E-state index in [1.165, 1.54) is 4.90 Å². The van der Waals surface area contributed by atoms with Gasteiger partial charge in [-0.25, -0.2) is 8.42 Å². The summed E-state index contributed by atoms with van der Waals surface area (Å²) in [5, 5.41) is 3.08. The highest BCUT2D eigenvalue weighted by Crippen LogP contribution is 2.22. The lowest BCUT2D eigenvalue weighted by Gasteiger charge is -2.32. The van der Waals surface area contributed by atoms with Crippen LogP contribution in [-0.4, -0.2) is 56.6 Å². The molecule has 1 N–H and O–H groups in total. The molecule has 0 aromatic heterocycles. The molecule has 7 nitrogen and oxygen atoms in total. The van der Waals surface area contributed by atoms with Crippen molar-refractivity contribution in [2.24, 2.45) is 0 Å². The van der Waals surface area contributed by atoms with Crippen LogP contribution in [0.25, 0.3) is 0 Å². The van der Waals surface area contributed by atoms with Crippen LogP contribution >= 0.6 is 0 Å². The highest BCUT2D eigenvalue weighted by atomic mass is 32.2. The molecular weight excluding hydrogens is 462 g/mol. The molecule has 1 fully saturated rings. The fourth-order valence-electron chi connectivity index (χ4n) is 4.46. The zero-order valence-corrected chi connectivity index (χ0v) is 22.0. The molecule has 2 aromatic carbocycles. The number of rotatable bonds is 10. The Morgan fingerprint density at radius 1 is 1.03 bits per heavy atom. The molecule has 2 amide bonds. The fraction of sp³-hybridized carbons (Fsp3) is 0.481. The van der Waals surface area contributed by atoms with Crippen molar-refractivity contribution in [2.45, 2.75) is 65.0 Å². The zero-order valence-electron chi connectivity index (χ0n) is 21.2. The molecule has 1 aliphatic rings. The molecule has 3 rings (SSSR count). The molecule has 8 heteroatoms. The third-order valence-corrected chi connectivity index (χ3v) is 7.95. The predicted octanol–water partition coefficient (Wildman–Crippen LogP) is 3.59. The predicted molar refractivity (Wildman–Crippen MR) is 140 cm³/mol. The van der Waals surface area contributed by atoms with E-state index < -0.39 is 22.0 Å². The summed E-state index contributed by atoms with van der Waals surface area (Å²) in [7, 11) is -3.72. The summed E-state index contributed by atoms with van der Waals surface area (Å²) in [5.74, 6) is -0.603. The average Bonchev–Trinajstić information content (AvgIpc) is 3.32. The number of nitrogens with one attached hydrogen (secondary N) is 1. The van der Waals surface area contributed by atoms with Gasteiger partial charge in [0.1, 0.15) is 12.6 Å². The third-order valence-electron chi connectivity index (χ3n) is 6.81. The minimum absolute atomic E-state index is 0.138. The van der Waals surface area contributed by atoms with E-state index in [0.29, 0.717) is 18.7 Å². The lowest BCUT2D eigenvalue weighted by Crippen LogP contribution is -2.53. The van der Waals surface area contributed by atoms with E-state index in [1.54, 1.807) is 19.1 Å². The van der Waals surface area contributed by atoms with Gasteiger partial charge in [0, 0.05) is 12.6 Å². The third kappa shape index (κ3) is 7.31. The molecule has 0 unspecified atom stereocenters. The number of anilines is 1. The number of carbonyl (C=O) groups excluding carboxylic acids is 2. The van der Waals surface area contributed by atoms with E-state index in [4.69, 9.17) is 0 Å². The summed E-state index contributed by atoms with van der Waals surface area (Å²) in [6.07, 6.45) is 5.75. The second-order valence-corrected chi connectivity index (χ2v) is 11.4. The van der Waals surface area contributed by atoms with Gasteiger partial charge in [0.2, 0.25) is 21.8 Å². The summed E-state index contributed by atoms with van der Waals surface area (Å²) < 4.78 is 26.5. The molecule has 1 aliphatic carbocycles. The van der Waals surface area contributed by atoms with Gasteiger partial charge in [0.15, 0.2) is 0 Å². The number of benzene rings is 2. The molecule has 0 spiro atoms. The van der Waals surface area contributed by atoms with Gasteiger partial charge in [-0.1, -0.05) is 49.2 Å². The molecule has 0 bridgehead atoms. The number of hydrogen-bond donors (Lipinski definition) is 1. The van der Waals surface area contributed by atoms with Crippen LogP contribution in [0.5, 0.6) is 0 Å². The van der Waals surface area contributed by atoms with Crippen molar-refractivity contribution >= 4 is 27.5 Å². The molecule has 2 aromatic rings. The molecule has 1 saturated carbocycles. The van der Waals surface area contributed by atoms with Crippen LogP contribution in [0.1, 0.15) is 49.3 Å². The van der Waals surface area contributed by atoms with Gasteiger partial charge in [-0.2, -0.15) is 0 Å². The number of amides is 2. The Kier molecular flexibility index (Phi) is 8.94. The molecule has 0 aliphatic heterocycles. The number of nitrogens with zero attached hydrogens (tertiary/aromatic N) is 2. The zero-order chi connectivity index (χ0) is 25.6. The number of hydrogen-bond acceptors (Lipinski definition) is 4. The van der Waals surface area contributed by atoms with E-state index >= 15 is 0 Å². The molecule has 35 heavy (non-hydrogen) atoms. The van der Waals surface area contributed by atoms with Crippen molar-refractivity contribution in [1.29, 1.82) is 0 Å². The van der Waals surface area contributed by atoms with Crippen LogP contribution in [0.2, 0.25) is 0 Å².